The van der Waals surface area contributed by atoms with Crippen molar-refractivity contribution in [3.63, 3.8) is 0 Å². The van der Waals surface area contributed by atoms with Gasteiger partial charge in [-0.3, -0.25) is 9.69 Å². The van der Waals surface area contributed by atoms with Crippen LogP contribution in [-0.2, 0) is 4.79 Å². The fraction of sp³-hybridized carbons (Fsp3) is 0.812. The Morgan fingerprint density at radius 3 is 2.33 bits per heavy atom. The third-order valence-corrected chi connectivity index (χ3v) is 4.72. The average Bonchev–Trinajstić information content (AvgIpc) is 2.64. The van der Waals surface area contributed by atoms with E-state index in [1.165, 1.54) is 11.3 Å². The predicted octanol–water partition coefficient (Wildman–Crippen LogP) is 2.96. The first-order valence-electron chi connectivity index (χ1n) is 7.96. The summed E-state index contributed by atoms with van der Waals surface area (Å²) in [5.74, 6) is -0.0804. The van der Waals surface area contributed by atoms with Crippen molar-refractivity contribution in [2.75, 3.05) is 6.54 Å². The van der Waals surface area contributed by atoms with Crippen LogP contribution in [0.2, 0.25) is 0 Å². The number of rotatable bonds is 3. The maximum absolute atomic E-state index is 12.7. The Morgan fingerprint density at radius 2 is 1.76 bits per heavy atom. The molecular formula is C16H25N3O2. The van der Waals surface area contributed by atoms with Crippen molar-refractivity contribution >= 4 is 11.9 Å². The van der Waals surface area contributed by atoms with Crippen molar-refractivity contribution in [1.82, 2.24) is 10.2 Å². The summed E-state index contributed by atoms with van der Waals surface area (Å²) in [4.78, 5) is 26.2. The quantitative estimate of drug-likeness (QED) is 0.812. The topological polar surface area (TPSA) is 73.2 Å². The van der Waals surface area contributed by atoms with Crippen LogP contribution in [0.1, 0.15) is 65.2 Å². The summed E-state index contributed by atoms with van der Waals surface area (Å²) in [5.41, 5.74) is -1.19. The molecule has 0 aromatic heterocycles. The van der Waals surface area contributed by atoms with E-state index in [-0.39, 0.29) is 11.9 Å². The van der Waals surface area contributed by atoms with Crippen molar-refractivity contribution in [2.24, 2.45) is 5.41 Å². The zero-order valence-corrected chi connectivity index (χ0v) is 13.1. The molecule has 3 amide bonds. The van der Waals surface area contributed by atoms with E-state index in [2.05, 4.69) is 11.4 Å². The van der Waals surface area contributed by atoms with Crippen LogP contribution in [0.4, 0.5) is 4.79 Å². The van der Waals surface area contributed by atoms with Crippen molar-refractivity contribution < 1.29 is 9.59 Å². The predicted molar refractivity (Wildman–Crippen MR) is 79.3 cm³/mol. The lowest BCUT2D eigenvalue weighted by Gasteiger charge is -2.28. The summed E-state index contributed by atoms with van der Waals surface area (Å²) in [6.07, 6.45) is 7.47. The van der Waals surface area contributed by atoms with Crippen LogP contribution in [0.3, 0.4) is 0 Å². The number of imide groups is 1. The molecule has 2 aliphatic rings. The van der Waals surface area contributed by atoms with Gasteiger partial charge in [0, 0.05) is 6.54 Å². The lowest BCUT2D eigenvalue weighted by molar-refractivity contribution is -0.132. The number of hydrogen-bond acceptors (Lipinski definition) is 3. The van der Waals surface area contributed by atoms with Gasteiger partial charge in [0.1, 0.15) is 5.54 Å². The maximum Gasteiger partial charge on any atom is 0.325 e. The van der Waals surface area contributed by atoms with E-state index in [0.29, 0.717) is 13.0 Å². The van der Waals surface area contributed by atoms with Crippen LogP contribution in [0.5, 0.6) is 0 Å². The molecule has 5 heteroatoms. The third kappa shape index (κ3) is 3.37. The summed E-state index contributed by atoms with van der Waals surface area (Å²) >= 11 is 0. The highest BCUT2D eigenvalue weighted by Gasteiger charge is 2.50. The number of carbonyl (C=O) groups is 2. The first-order valence-corrected chi connectivity index (χ1v) is 7.96. The highest BCUT2D eigenvalue weighted by Crippen LogP contribution is 2.32. The van der Waals surface area contributed by atoms with Crippen LogP contribution < -0.4 is 5.32 Å². The van der Waals surface area contributed by atoms with Gasteiger partial charge in [0.15, 0.2) is 0 Å². The molecule has 21 heavy (non-hydrogen) atoms. The van der Waals surface area contributed by atoms with Gasteiger partial charge in [0.25, 0.3) is 5.91 Å². The summed E-state index contributed by atoms with van der Waals surface area (Å²) in [6.45, 7) is 3.99. The van der Waals surface area contributed by atoms with Gasteiger partial charge < -0.3 is 5.32 Å². The minimum Gasteiger partial charge on any atom is -0.323 e. The normalized spacial score (nSPS) is 22.6. The van der Waals surface area contributed by atoms with Crippen LogP contribution >= 0.6 is 0 Å². The first kappa shape index (κ1) is 15.8. The van der Waals surface area contributed by atoms with Crippen LogP contribution in [0, 0.1) is 16.7 Å². The molecule has 0 radical (unpaired) electrons. The smallest absolute Gasteiger partial charge is 0.323 e. The maximum atomic E-state index is 12.7. The lowest BCUT2D eigenvalue weighted by atomic mass is 9.83. The number of carbonyl (C=O) groups excluding carboxylic acids is 2. The summed E-state index contributed by atoms with van der Waals surface area (Å²) in [6, 6.07) is 1.93. The molecule has 2 fully saturated rings. The summed E-state index contributed by atoms with van der Waals surface area (Å²) in [7, 11) is 0. The number of amides is 3. The van der Waals surface area contributed by atoms with Crippen molar-refractivity contribution in [1.29, 1.82) is 5.26 Å². The van der Waals surface area contributed by atoms with Crippen LogP contribution in [-0.4, -0.2) is 28.9 Å². The second-order valence-electron chi connectivity index (χ2n) is 6.98. The zero-order chi connectivity index (χ0) is 15.5. The van der Waals surface area contributed by atoms with Gasteiger partial charge in [-0.15, -0.1) is 0 Å². The molecule has 1 N–H and O–H groups in total. The molecule has 0 aromatic carbocycles. The minimum atomic E-state index is -0.672. The van der Waals surface area contributed by atoms with E-state index < -0.39 is 11.0 Å². The second kappa shape index (κ2) is 6.05. The Kier molecular flexibility index (Phi) is 4.55. The number of nitrogens with one attached hydrogen (secondary N) is 1. The van der Waals surface area contributed by atoms with Crippen LogP contribution in [0.25, 0.3) is 0 Å². The molecule has 5 nitrogen and oxygen atoms in total. The van der Waals surface area contributed by atoms with E-state index in [0.717, 1.165) is 38.5 Å². The molecular weight excluding hydrogens is 266 g/mol. The molecule has 1 heterocycles. The average molecular weight is 291 g/mol. The molecule has 116 valence electrons. The SMILES string of the molecule is CC(C)(C#N)CCN1C(=O)NC2(CCCCCCC2)C1=O. The second-order valence-corrected chi connectivity index (χ2v) is 6.98. The van der Waals surface area contributed by atoms with E-state index in [4.69, 9.17) is 5.26 Å². The van der Waals surface area contributed by atoms with Crippen molar-refractivity contribution in [3.8, 4) is 6.07 Å². The van der Waals surface area contributed by atoms with E-state index in [1.54, 1.807) is 0 Å². The van der Waals surface area contributed by atoms with Gasteiger partial charge >= 0.3 is 6.03 Å². The fourth-order valence-corrected chi connectivity index (χ4v) is 3.17. The Bertz CT molecular complexity index is 457. The van der Waals surface area contributed by atoms with Gasteiger partial charge in [-0.25, -0.2) is 4.79 Å². The number of nitrogens with zero attached hydrogens (tertiary/aromatic N) is 2. The molecule has 1 saturated heterocycles. The molecule has 1 saturated carbocycles. The highest BCUT2D eigenvalue weighted by atomic mass is 16.2. The summed E-state index contributed by atoms with van der Waals surface area (Å²) < 4.78 is 0. The van der Waals surface area contributed by atoms with Crippen molar-refractivity contribution in [2.45, 2.75) is 70.8 Å². The van der Waals surface area contributed by atoms with Crippen molar-refractivity contribution in [3.05, 3.63) is 0 Å². The van der Waals surface area contributed by atoms with Gasteiger partial charge in [-0.1, -0.05) is 32.1 Å². The highest BCUT2D eigenvalue weighted by molar-refractivity contribution is 6.07. The fourth-order valence-electron chi connectivity index (χ4n) is 3.17. The number of urea groups is 1. The van der Waals surface area contributed by atoms with E-state index >= 15 is 0 Å². The Labute approximate surface area is 126 Å². The number of nitriles is 1. The molecule has 1 spiro atoms. The molecule has 1 aliphatic heterocycles. The summed E-state index contributed by atoms with van der Waals surface area (Å²) in [5, 5.41) is 12.0. The van der Waals surface area contributed by atoms with Gasteiger partial charge in [-0.05, 0) is 33.1 Å². The Morgan fingerprint density at radius 1 is 1.19 bits per heavy atom. The molecule has 0 unspecified atom stereocenters. The zero-order valence-electron chi connectivity index (χ0n) is 13.1. The van der Waals surface area contributed by atoms with Gasteiger partial charge in [-0.2, -0.15) is 5.26 Å². The molecule has 1 aliphatic carbocycles. The Hall–Kier alpha value is -1.57. The van der Waals surface area contributed by atoms with E-state index in [1.807, 2.05) is 13.8 Å². The Balaban J connectivity index is 2.06. The first-order chi connectivity index (χ1) is 9.90. The van der Waals surface area contributed by atoms with Crippen LogP contribution in [0.15, 0.2) is 0 Å². The molecule has 0 atom stereocenters. The minimum absolute atomic E-state index is 0.0804. The third-order valence-electron chi connectivity index (χ3n) is 4.72. The van der Waals surface area contributed by atoms with Gasteiger partial charge in [0.05, 0.1) is 11.5 Å². The largest absolute Gasteiger partial charge is 0.325 e. The molecule has 0 bridgehead atoms. The monoisotopic (exact) mass is 291 g/mol. The van der Waals surface area contributed by atoms with E-state index in [9.17, 15) is 9.59 Å². The van der Waals surface area contributed by atoms with Gasteiger partial charge in [0.2, 0.25) is 0 Å². The molecule has 0 aromatic rings. The lowest BCUT2D eigenvalue weighted by Crippen LogP contribution is -2.47. The standard InChI is InChI=1S/C16H25N3O2/c1-15(2,12-17)10-11-19-13(20)16(18-14(19)21)8-6-4-3-5-7-9-16/h3-11H2,1-2H3,(H,18,21). The molecule has 2 rings (SSSR count). The number of hydrogen-bond donors (Lipinski definition) is 1.